The molecule has 3 rings (SSSR count). The number of hydrogen-bond donors (Lipinski definition) is 6. The SMILES string of the molecule is NC[C@H](NC(=O)c1ccc(-c2ccc(NC(=O)CNCCc3ccc(F)cc3)cc2)cc1)C(=O)NO. The van der Waals surface area contributed by atoms with Crippen molar-refractivity contribution in [2.45, 2.75) is 12.5 Å². The number of carbonyl (C=O) groups excluding carboxylic acids is 3. The summed E-state index contributed by atoms with van der Waals surface area (Å²) in [6.07, 6.45) is 0.689. The minimum atomic E-state index is -1.05. The van der Waals surface area contributed by atoms with Crippen molar-refractivity contribution in [1.29, 1.82) is 0 Å². The normalized spacial score (nSPS) is 11.4. The average Bonchev–Trinajstić information content (AvgIpc) is 2.90. The number of carbonyl (C=O) groups is 3. The van der Waals surface area contributed by atoms with E-state index < -0.39 is 17.9 Å². The third kappa shape index (κ3) is 7.70. The van der Waals surface area contributed by atoms with Gasteiger partial charge in [0.05, 0.1) is 6.54 Å². The lowest BCUT2D eigenvalue weighted by Crippen LogP contribution is -2.50. The van der Waals surface area contributed by atoms with E-state index in [9.17, 15) is 18.8 Å². The standard InChI is InChI=1S/C26H28FN5O4/c27-21-9-1-17(2-10-21)13-14-29-16-24(33)30-22-11-7-19(8-12-22)18-3-5-20(6-4-18)25(34)31-23(15-28)26(35)32-36/h1-12,23,29,36H,13-16,28H2,(H,30,33)(H,31,34)(H,32,35)/t23-/m0/s1. The van der Waals surface area contributed by atoms with E-state index in [0.29, 0.717) is 24.2 Å². The number of anilines is 1. The summed E-state index contributed by atoms with van der Waals surface area (Å²) in [7, 11) is 0. The van der Waals surface area contributed by atoms with E-state index in [2.05, 4.69) is 16.0 Å². The van der Waals surface area contributed by atoms with Crippen molar-refractivity contribution in [1.82, 2.24) is 16.1 Å². The van der Waals surface area contributed by atoms with E-state index >= 15 is 0 Å². The minimum Gasteiger partial charge on any atom is -0.339 e. The number of amides is 3. The lowest BCUT2D eigenvalue weighted by Gasteiger charge is -2.14. The molecule has 0 aromatic heterocycles. The summed E-state index contributed by atoms with van der Waals surface area (Å²) in [5.74, 6) is -1.74. The molecule has 3 aromatic carbocycles. The van der Waals surface area contributed by atoms with Crippen LogP contribution in [-0.2, 0) is 16.0 Å². The van der Waals surface area contributed by atoms with Crippen molar-refractivity contribution in [2.75, 3.05) is 25.0 Å². The van der Waals surface area contributed by atoms with Crippen LogP contribution in [0.2, 0.25) is 0 Å². The van der Waals surface area contributed by atoms with E-state index in [-0.39, 0.29) is 24.8 Å². The van der Waals surface area contributed by atoms with Crippen LogP contribution in [0, 0.1) is 5.82 Å². The summed E-state index contributed by atoms with van der Waals surface area (Å²) in [6.45, 7) is 0.579. The number of rotatable bonds is 11. The van der Waals surface area contributed by atoms with E-state index in [1.54, 1.807) is 48.5 Å². The Morgan fingerprint density at radius 2 is 1.50 bits per heavy atom. The van der Waals surface area contributed by atoms with E-state index in [4.69, 9.17) is 10.9 Å². The Morgan fingerprint density at radius 1 is 0.889 bits per heavy atom. The molecule has 0 radical (unpaired) electrons. The number of halogens is 1. The highest BCUT2D eigenvalue weighted by atomic mass is 19.1. The molecule has 0 aliphatic carbocycles. The Bertz CT molecular complexity index is 1170. The maximum absolute atomic E-state index is 12.9. The fourth-order valence-corrected chi connectivity index (χ4v) is 3.40. The lowest BCUT2D eigenvalue weighted by molar-refractivity contribution is -0.130. The quantitative estimate of drug-likeness (QED) is 0.137. The molecule has 188 valence electrons. The van der Waals surface area contributed by atoms with Gasteiger partial charge in [-0.2, -0.15) is 0 Å². The molecule has 7 N–H and O–H groups in total. The molecular formula is C26H28FN5O4. The van der Waals surface area contributed by atoms with Gasteiger partial charge in [-0.15, -0.1) is 0 Å². The van der Waals surface area contributed by atoms with Gasteiger partial charge < -0.3 is 21.7 Å². The van der Waals surface area contributed by atoms with Crippen LogP contribution in [0.5, 0.6) is 0 Å². The monoisotopic (exact) mass is 493 g/mol. The summed E-state index contributed by atoms with van der Waals surface area (Å²) in [4.78, 5) is 36.0. The smallest absolute Gasteiger partial charge is 0.267 e. The highest BCUT2D eigenvalue weighted by Crippen LogP contribution is 2.22. The molecule has 1 atom stereocenters. The zero-order chi connectivity index (χ0) is 25.9. The van der Waals surface area contributed by atoms with Crippen LogP contribution in [-0.4, -0.2) is 48.6 Å². The van der Waals surface area contributed by atoms with Gasteiger partial charge in [-0.25, -0.2) is 9.87 Å². The van der Waals surface area contributed by atoms with Crippen molar-refractivity contribution < 1.29 is 24.0 Å². The maximum Gasteiger partial charge on any atom is 0.267 e. The molecule has 0 spiro atoms. The summed E-state index contributed by atoms with van der Waals surface area (Å²) < 4.78 is 12.9. The van der Waals surface area contributed by atoms with E-state index in [0.717, 1.165) is 16.7 Å². The molecule has 10 heteroatoms. The molecule has 36 heavy (non-hydrogen) atoms. The molecule has 0 heterocycles. The van der Waals surface area contributed by atoms with Gasteiger partial charge >= 0.3 is 0 Å². The molecule has 0 aliphatic heterocycles. The molecule has 9 nitrogen and oxygen atoms in total. The Kier molecular flexibility index (Phi) is 9.64. The predicted molar refractivity (Wildman–Crippen MR) is 134 cm³/mol. The summed E-state index contributed by atoms with van der Waals surface area (Å²) in [5.41, 5.74) is 10.6. The zero-order valence-corrected chi connectivity index (χ0v) is 19.5. The topological polar surface area (TPSA) is 146 Å². The van der Waals surface area contributed by atoms with Crippen molar-refractivity contribution in [3.05, 3.63) is 89.7 Å². The largest absolute Gasteiger partial charge is 0.339 e. The molecule has 3 amide bonds. The Labute approximate surface area is 207 Å². The van der Waals surface area contributed by atoms with Crippen molar-refractivity contribution in [3.8, 4) is 11.1 Å². The molecule has 0 unspecified atom stereocenters. The second-order valence-corrected chi connectivity index (χ2v) is 7.99. The second-order valence-electron chi connectivity index (χ2n) is 7.99. The first kappa shape index (κ1) is 26.5. The van der Waals surface area contributed by atoms with Gasteiger partial charge in [0, 0.05) is 17.8 Å². The van der Waals surface area contributed by atoms with Gasteiger partial charge in [0.25, 0.3) is 11.8 Å². The summed E-state index contributed by atoms with van der Waals surface area (Å²) in [5, 5.41) is 17.0. The fraction of sp³-hybridized carbons (Fsp3) is 0.192. The van der Waals surface area contributed by atoms with Crippen LogP contribution in [0.4, 0.5) is 10.1 Å². The third-order valence-electron chi connectivity index (χ3n) is 5.41. The first-order chi connectivity index (χ1) is 17.4. The summed E-state index contributed by atoms with van der Waals surface area (Å²) >= 11 is 0. The average molecular weight is 494 g/mol. The Balaban J connectivity index is 1.47. The number of hydroxylamine groups is 1. The van der Waals surface area contributed by atoms with Crippen LogP contribution < -0.4 is 27.2 Å². The molecular weight excluding hydrogens is 465 g/mol. The van der Waals surface area contributed by atoms with Crippen LogP contribution in [0.3, 0.4) is 0 Å². The van der Waals surface area contributed by atoms with Crippen molar-refractivity contribution >= 4 is 23.4 Å². The van der Waals surface area contributed by atoms with Crippen LogP contribution in [0.15, 0.2) is 72.8 Å². The first-order valence-electron chi connectivity index (χ1n) is 11.3. The highest BCUT2D eigenvalue weighted by molar-refractivity contribution is 5.98. The van der Waals surface area contributed by atoms with Gasteiger partial charge in [0.1, 0.15) is 11.9 Å². The van der Waals surface area contributed by atoms with Gasteiger partial charge in [-0.3, -0.25) is 19.6 Å². The Morgan fingerprint density at radius 3 is 2.08 bits per heavy atom. The molecule has 3 aromatic rings. The van der Waals surface area contributed by atoms with Gasteiger partial charge in [-0.1, -0.05) is 36.4 Å². The maximum atomic E-state index is 12.9. The molecule has 0 saturated heterocycles. The summed E-state index contributed by atoms with van der Waals surface area (Å²) in [6, 6.07) is 19.2. The fourth-order valence-electron chi connectivity index (χ4n) is 3.40. The van der Waals surface area contributed by atoms with Crippen LogP contribution >= 0.6 is 0 Å². The van der Waals surface area contributed by atoms with Gasteiger partial charge in [0.2, 0.25) is 5.91 Å². The second kappa shape index (κ2) is 13.1. The van der Waals surface area contributed by atoms with E-state index in [1.807, 2.05) is 12.1 Å². The Hall–Kier alpha value is -4.12. The van der Waals surface area contributed by atoms with Crippen molar-refractivity contribution in [2.24, 2.45) is 5.73 Å². The molecule has 0 fully saturated rings. The predicted octanol–water partition coefficient (Wildman–Crippen LogP) is 1.83. The van der Waals surface area contributed by atoms with Gasteiger partial charge in [0.15, 0.2) is 0 Å². The van der Waals surface area contributed by atoms with Gasteiger partial charge in [-0.05, 0) is 66.1 Å². The number of nitrogens with one attached hydrogen (secondary N) is 4. The van der Waals surface area contributed by atoms with E-state index in [1.165, 1.54) is 17.6 Å². The number of benzene rings is 3. The zero-order valence-electron chi connectivity index (χ0n) is 19.5. The first-order valence-corrected chi connectivity index (χ1v) is 11.3. The lowest BCUT2D eigenvalue weighted by atomic mass is 10.0. The highest BCUT2D eigenvalue weighted by Gasteiger charge is 2.19. The number of nitrogens with two attached hydrogens (primary N) is 1. The van der Waals surface area contributed by atoms with Crippen molar-refractivity contribution in [3.63, 3.8) is 0 Å². The molecule has 0 bridgehead atoms. The third-order valence-corrected chi connectivity index (χ3v) is 5.41. The minimum absolute atomic E-state index is 0.150. The molecule has 0 aliphatic rings. The van der Waals surface area contributed by atoms with Crippen LogP contribution in [0.25, 0.3) is 11.1 Å². The van der Waals surface area contributed by atoms with Crippen LogP contribution in [0.1, 0.15) is 15.9 Å². The number of hydrogen-bond acceptors (Lipinski definition) is 6. The molecule has 0 saturated carbocycles.